The van der Waals surface area contributed by atoms with Crippen LogP contribution in [0, 0.1) is 5.92 Å². The quantitative estimate of drug-likeness (QED) is 0.224. The second kappa shape index (κ2) is 17.2. The first-order valence-electron chi connectivity index (χ1n) is 18.3. The van der Waals surface area contributed by atoms with Crippen LogP contribution in [-0.2, 0) is 35.0 Å². The highest BCUT2D eigenvalue weighted by Crippen LogP contribution is 2.50. The second-order valence-electron chi connectivity index (χ2n) is 15.4. The summed E-state index contributed by atoms with van der Waals surface area (Å²) in [5.74, 6) is -0.557. The molecular weight excluding hydrogens is 682 g/mol. The minimum absolute atomic E-state index is 0.105. The monoisotopic (exact) mass is 739 g/mol. The van der Waals surface area contributed by atoms with Crippen molar-refractivity contribution in [2.75, 3.05) is 33.2 Å². The van der Waals surface area contributed by atoms with Crippen molar-refractivity contribution in [3.05, 3.63) is 45.6 Å². The fourth-order valence-electron chi connectivity index (χ4n) is 7.09. The molecule has 1 fully saturated rings. The molecule has 4 atom stereocenters. The predicted molar refractivity (Wildman–Crippen MR) is 201 cm³/mol. The minimum Gasteiger partial charge on any atom is -0.493 e. The van der Waals surface area contributed by atoms with E-state index in [1.165, 1.54) is 20.1 Å². The molecule has 292 valence electrons. The molecule has 0 spiro atoms. The van der Waals surface area contributed by atoms with Gasteiger partial charge in [0.15, 0.2) is 17.3 Å². The Morgan fingerprint density at radius 2 is 1.66 bits per heavy atom. The van der Waals surface area contributed by atoms with Crippen molar-refractivity contribution < 1.29 is 42.8 Å². The zero-order valence-corrected chi connectivity index (χ0v) is 33.0. The standard InChI is InChI=1S/C40H57N3O10/c1-22(2)35(38(47)41-17-16-25-19-26(52-40(7,8)51-25)20-33(46)53-39(4,5)6)43-30-15-13-27-28(21-31(30)45)29(42-23(3)44)14-12-24-18-32(48-9)36(49-10)37(50-11)34(24)27/h13,15,18,21-22,25-26,29,35H,12,14,16-17,19-20H2,1-11H3,(H,41,47)(H,42,44)(H,43,45). The molecule has 0 saturated carbocycles. The number of fused-ring (bicyclic) bond motifs is 3. The molecule has 1 heterocycles. The molecule has 0 aromatic heterocycles. The maximum atomic E-state index is 13.9. The summed E-state index contributed by atoms with van der Waals surface area (Å²) in [6, 6.07) is 5.70. The van der Waals surface area contributed by atoms with E-state index in [0.29, 0.717) is 60.6 Å². The highest BCUT2D eigenvalue weighted by Gasteiger charge is 2.37. The molecule has 1 aliphatic heterocycles. The number of carbonyl (C=O) groups excluding carboxylic acids is 3. The van der Waals surface area contributed by atoms with Crippen molar-refractivity contribution in [1.82, 2.24) is 10.6 Å². The lowest BCUT2D eigenvalue weighted by Gasteiger charge is -2.41. The smallest absolute Gasteiger partial charge is 0.308 e. The van der Waals surface area contributed by atoms with Crippen molar-refractivity contribution in [3.8, 4) is 28.4 Å². The van der Waals surface area contributed by atoms with Crippen LogP contribution in [-0.4, -0.2) is 75.3 Å². The fourth-order valence-corrected chi connectivity index (χ4v) is 7.09. The number of amides is 2. The first-order valence-corrected chi connectivity index (χ1v) is 18.3. The summed E-state index contributed by atoms with van der Waals surface area (Å²) in [4.78, 5) is 52.4. The first-order chi connectivity index (χ1) is 24.9. The molecule has 1 aliphatic carbocycles. The fraction of sp³-hybridized carbons (Fsp3) is 0.600. The topological polar surface area (TPSA) is 160 Å². The Bertz CT molecular complexity index is 1720. The number of rotatable bonds is 13. The van der Waals surface area contributed by atoms with E-state index >= 15 is 0 Å². The van der Waals surface area contributed by atoms with Crippen LogP contribution in [0.15, 0.2) is 29.1 Å². The Hall–Kier alpha value is -4.36. The van der Waals surface area contributed by atoms with Gasteiger partial charge < -0.3 is 44.4 Å². The van der Waals surface area contributed by atoms with Gasteiger partial charge in [0.25, 0.3) is 0 Å². The van der Waals surface area contributed by atoms with Crippen LogP contribution in [0.2, 0.25) is 0 Å². The Morgan fingerprint density at radius 1 is 0.981 bits per heavy atom. The van der Waals surface area contributed by atoms with Crippen LogP contribution in [0.3, 0.4) is 0 Å². The van der Waals surface area contributed by atoms with E-state index in [4.69, 9.17) is 28.4 Å². The van der Waals surface area contributed by atoms with Gasteiger partial charge >= 0.3 is 5.97 Å². The number of benzene rings is 1. The van der Waals surface area contributed by atoms with Gasteiger partial charge in [-0.25, -0.2) is 0 Å². The number of carbonyl (C=O) groups is 3. The lowest BCUT2D eigenvalue weighted by Crippen LogP contribution is -2.48. The molecule has 3 N–H and O–H groups in total. The highest BCUT2D eigenvalue weighted by atomic mass is 16.7. The number of hydrogen-bond acceptors (Lipinski definition) is 11. The summed E-state index contributed by atoms with van der Waals surface area (Å²) in [6.45, 7) is 14.6. The van der Waals surface area contributed by atoms with Gasteiger partial charge in [0.2, 0.25) is 23.0 Å². The van der Waals surface area contributed by atoms with Crippen LogP contribution in [0.1, 0.15) is 98.2 Å². The van der Waals surface area contributed by atoms with Gasteiger partial charge in [-0.3, -0.25) is 19.2 Å². The number of hydrogen-bond donors (Lipinski definition) is 3. The molecule has 13 nitrogen and oxygen atoms in total. The van der Waals surface area contributed by atoms with E-state index in [1.807, 2.05) is 46.8 Å². The van der Waals surface area contributed by atoms with Gasteiger partial charge in [-0.15, -0.1) is 0 Å². The third kappa shape index (κ3) is 10.6. The Balaban J connectivity index is 1.57. The summed E-state index contributed by atoms with van der Waals surface area (Å²) in [6.07, 6.45) is 1.53. The average molecular weight is 740 g/mol. The number of anilines is 1. The molecule has 4 unspecified atom stereocenters. The normalized spacial score (nSPS) is 19.8. The van der Waals surface area contributed by atoms with E-state index < -0.39 is 23.5 Å². The summed E-state index contributed by atoms with van der Waals surface area (Å²) in [5, 5.41) is 9.24. The van der Waals surface area contributed by atoms with Crippen molar-refractivity contribution >= 4 is 23.5 Å². The summed E-state index contributed by atoms with van der Waals surface area (Å²) >= 11 is 0. The molecule has 0 radical (unpaired) electrons. The lowest BCUT2D eigenvalue weighted by atomic mass is 9.95. The molecule has 1 saturated heterocycles. The molecule has 2 aliphatic rings. The van der Waals surface area contributed by atoms with E-state index in [-0.39, 0.29) is 53.4 Å². The number of nitrogens with one attached hydrogen (secondary N) is 3. The molecule has 2 aromatic rings. The van der Waals surface area contributed by atoms with Crippen LogP contribution >= 0.6 is 0 Å². The Kier molecular flexibility index (Phi) is 13.4. The van der Waals surface area contributed by atoms with Crippen molar-refractivity contribution in [3.63, 3.8) is 0 Å². The molecule has 2 amide bonds. The molecule has 4 rings (SSSR count). The average Bonchev–Trinajstić information content (AvgIpc) is 3.28. The van der Waals surface area contributed by atoms with Crippen LogP contribution in [0.4, 0.5) is 5.69 Å². The first kappa shape index (κ1) is 41.4. The summed E-state index contributed by atoms with van der Waals surface area (Å²) in [7, 11) is 4.64. The van der Waals surface area contributed by atoms with Gasteiger partial charge in [0, 0.05) is 25.5 Å². The van der Waals surface area contributed by atoms with Crippen LogP contribution < -0.4 is 35.6 Å². The van der Waals surface area contributed by atoms with Gasteiger partial charge in [0.1, 0.15) is 11.6 Å². The maximum Gasteiger partial charge on any atom is 0.308 e. The Labute approximate surface area is 312 Å². The second-order valence-corrected chi connectivity index (χ2v) is 15.4. The highest BCUT2D eigenvalue weighted by molar-refractivity contribution is 5.86. The number of esters is 1. The summed E-state index contributed by atoms with van der Waals surface area (Å²) in [5.41, 5.74) is 2.26. The molecule has 2 aromatic carbocycles. The molecule has 0 bridgehead atoms. The van der Waals surface area contributed by atoms with Gasteiger partial charge in [-0.1, -0.05) is 19.9 Å². The lowest BCUT2D eigenvalue weighted by molar-refractivity contribution is -0.300. The van der Waals surface area contributed by atoms with Crippen LogP contribution in [0.5, 0.6) is 17.2 Å². The third-order valence-electron chi connectivity index (χ3n) is 9.18. The zero-order valence-electron chi connectivity index (χ0n) is 33.0. The SMILES string of the molecule is COc1cc2c(c(OC)c1OC)-c1ccc(NC(C(=O)NCCC3CC(CC(=O)OC(C)(C)C)OC(C)(C)O3)C(C)C)c(=O)cc1C(NC(C)=O)CC2. The summed E-state index contributed by atoms with van der Waals surface area (Å²) < 4.78 is 34.8. The van der Waals surface area contributed by atoms with Crippen LogP contribution in [0.25, 0.3) is 11.1 Å². The Morgan fingerprint density at radius 3 is 2.26 bits per heavy atom. The maximum absolute atomic E-state index is 13.9. The van der Waals surface area contributed by atoms with Gasteiger partial charge in [-0.2, -0.15) is 0 Å². The third-order valence-corrected chi connectivity index (χ3v) is 9.18. The molecule has 13 heteroatoms. The van der Waals surface area contributed by atoms with E-state index in [0.717, 1.165) is 11.1 Å². The van der Waals surface area contributed by atoms with E-state index in [9.17, 15) is 19.2 Å². The number of aryl methyl sites for hydroxylation is 1. The number of methoxy groups -OCH3 is 3. The van der Waals surface area contributed by atoms with E-state index in [2.05, 4.69) is 16.0 Å². The zero-order chi connectivity index (χ0) is 39.2. The predicted octanol–water partition coefficient (Wildman–Crippen LogP) is 5.45. The number of ether oxygens (including phenoxy) is 6. The van der Waals surface area contributed by atoms with Crippen molar-refractivity contribution in [2.24, 2.45) is 5.92 Å². The van der Waals surface area contributed by atoms with E-state index in [1.54, 1.807) is 34.1 Å². The van der Waals surface area contributed by atoms with Crippen molar-refractivity contribution in [2.45, 2.75) is 123 Å². The van der Waals surface area contributed by atoms with Gasteiger partial charge in [0.05, 0.1) is 51.7 Å². The molecular formula is C40H57N3O10. The van der Waals surface area contributed by atoms with Crippen molar-refractivity contribution in [1.29, 1.82) is 0 Å². The minimum atomic E-state index is -0.909. The molecule has 53 heavy (non-hydrogen) atoms. The van der Waals surface area contributed by atoms with Gasteiger partial charge in [-0.05, 0) is 94.7 Å². The largest absolute Gasteiger partial charge is 0.493 e.